The number of rotatable bonds is 0. The summed E-state index contributed by atoms with van der Waals surface area (Å²) in [5, 5.41) is 13.3. The zero-order valence-electron chi connectivity index (χ0n) is 5.96. The van der Waals surface area contributed by atoms with Gasteiger partial charge < -0.3 is 5.32 Å². The van der Waals surface area contributed by atoms with Gasteiger partial charge in [0.25, 0.3) is 11.5 Å². The molecule has 7 heteroatoms. The van der Waals surface area contributed by atoms with E-state index >= 15 is 0 Å². The average molecular weight is 165 g/mol. The van der Waals surface area contributed by atoms with Crippen LogP contribution in [0.3, 0.4) is 0 Å². The molecule has 0 atom stereocenters. The number of nitrogens with zero attached hydrogens (tertiary/aromatic N) is 3. The van der Waals surface area contributed by atoms with Crippen molar-refractivity contribution in [2.45, 2.75) is 0 Å². The second kappa shape index (κ2) is 1.81. The molecule has 2 aromatic rings. The fourth-order valence-electron chi connectivity index (χ4n) is 1.15. The van der Waals surface area contributed by atoms with E-state index in [-0.39, 0.29) is 0 Å². The minimum absolute atomic E-state index is 0.477. The van der Waals surface area contributed by atoms with E-state index in [1.807, 2.05) is 0 Å². The lowest BCUT2D eigenvalue weighted by Crippen LogP contribution is -2.10. The Labute approximate surface area is 66.1 Å². The van der Waals surface area contributed by atoms with E-state index in [2.05, 4.69) is 35.5 Å². The van der Waals surface area contributed by atoms with Crippen molar-refractivity contribution in [3.8, 4) is 0 Å². The predicted octanol–water partition coefficient (Wildman–Crippen LogP) is -0.773. The van der Waals surface area contributed by atoms with Crippen LogP contribution in [-0.4, -0.2) is 22.0 Å². The number of anilines is 2. The number of aromatic nitrogens is 4. The molecule has 7 nitrogen and oxygen atoms in total. The maximum absolute atomic E-state index is 4.49. The van der Waals surface area contributed by atoms with Gasteiger partial charge in [-0.1, -0.05) is 0 Å². The zero-order chi connectivity index (χ0) is 7.97. The Hall–Kier alpha value is -1.92. The molecule has 3 rings (SSSR count). The van der Waals surface area contributed by atoms with Crippen LogP contribution in [0.5, 0.6) is 0 Å². The van der Waals surface area contributed by atoms with Crippen molar-refractivity contribution in [3.63, 3.8) is 0 Å². The van der Waals surface area contributed by atoms with Gasteiger partial charge in [-0.05, 0) is 5.16 Å². The fraction of sp³-hybridized carbons (Fsp3) is 0.200. The summed E-state index contributed by atoms with van der Waals surface area (Å²) in [5.41, 5.74) is 1.02. The molecular formula is C5H5N6O+. The highest BCUT2D eigenvalue weighted by molar-refractivity contribution is 5.69. The van der Waals surface area contributed by atoms with Crippen molar-refractivity contribution in [1.82, 2.24) is 15.3 Å². The Morgan fingerprint density at radius 2 is 2.33 bits per heavy atom. The largest absolute Gasteiger partial charge is 0.355 e. The number of hydrogen-bond donors (Lipinski definition) is 2. The smallest absolute Gasteiger partial charge is 0.335 e. The molecule has 1 aliphatic heterocycles. The van der Waals surface area contributed by atoms with E-state index < -0.39 is 0 Å². The molecule has 3 heterocycles. The van der Waals surface area contributed by atoms with Crippen LogP contribution in [0.15, 0.2) is 4.63 Å². The quantitative estimate of drug-likeness (QED) is 0.532. The third kappa shape index (κ3) is 0.595. The molecule has 0 aromatic carbocycles. The van der Waals surface area contributed by atoms with Crippen molar-refractivity contribution in [1.29, 1.82) is 0 Å². The summed E-state index contributed by atoms with van der Waals surface area (Å²) in [6.45, 7) is 0.669. The Morgan fingerprint density at radius 3 is 3.33 bits per heavy atom. The molecule has 3 N–H and O–H groups in total. The number of hydrogen-bond acceptors (Lipinski definition) is 6. The lowest BCUT2D eigenvalue weighted by Gasteiger charge is -1.88. The summed E-state index contributed by atoms with van der Waals surface area (Å²) in [4.78, 5) is 7.13. The molecule has 1 aliphatic rings. The van der Waals surface area contributed by atoms with Crippen molar-refractivity contribution in [2.24, 2.45) is 0 Å². The molecular weight excluding hydrogens is 160 g/mol. The van der Waals surface area contributed by atoms with Gasteiger partial charge in [-0.2, -0.15) is 9.61 Å². The van der Waals surface area contributed by atoms with Crippen LogP contribution in [-0.2, 0) is 0 Å². The first-order valence-corrected chi connectivity index (χ1v) is 3.47. The molecule has 0 radical (unpaired) electrons. The van der Waals surface area contributed by atoms with E-state index in [0.717, 1.165) is 11.6 Å². The Kier molecular flexibility index (Phi) is 0.861. The molecule has 0 aliphatic carbocycles. The van der Waals surface area contributed by atoms with E-state index in [1.54, 1.807) is 0 Å². The molecule has 0 unspecified atom stereocenters. The van der Waals surface area contributed by atoms with Crippen LogP contribution in [0.25, 0.3) is 11.3 Å². The van der Waals surface area contributed by atoms with E-state index in [4.69, 9.17) is 0 Å². The summed E-state index contributed by atoms with van der Waals surface area (Å²) < 4.78 is 4.49. The maximum Gasteiger partial charge on any atom is 0.355 e. The first-order valence-electron chi connectivity index (χ1n) is 3.47. The maximum atomic E-state index is 4.49. The highest BCUT2D eigenvalue weighted by Crippen LogP contribution is 2.18. The van der Waals surface area contributed by atoms with Gasteiger partial charge in [0.05, 0.1) is 0 Å². The van der Waals surface area contributed by atoms with Gasteiger partial charge in [-0.15, -0.1) is 0 Å². The molecule has 0 saturated carbocycles. The van der Waals surface area contributed by atoms with Crippen LogP contribution in [0.4, 0.5) is 11.6 Å². The lowest BCUT2D eigenvalue weighted by molar-refractivity contribution is -0.330. The average Bonchev–Trinajstić information content (AvgIpc) is 2.64. The number of H-pyrrole nitrogens is 1. The molecule has 2 aromatic heterocycles. The second-order valence-electron chi connectivity index (χ2n) is 2.43. The van der Waals surface area contributed by atoms with E-state index in [0.29, 0.717) is 18.0 Å². The second-order valence-corrected chi connectivity index (χ2v) is 2.43. The van der Waals surface area contributed by atoms with Crippen molar-refractivity contribution in [3.05, 3.63) is 0 Å². The molecule has 0 amide bonds. The van der Waals surface area contributed by atoms with Crippen molar-refractivity contribution in [2.75, 3.05) is 17.3 Å². The minimum atomic E-state index is 0.477. The Balaban J connectivity index is 2.38. The zero-order valence-corrected chi connectivity index (χ0v) is 5.96. The van der Waals surface area contributed by atoms with Crippen LogP contribution >= 0.6 is 0 Å². The van der Waals surface area contributed by atoms with Crippen LogP contribution < -0.4 is 15.6 Å². The van der Waals surface area contributed by atoms with Crippen molar-refractivity contribution >= 4 is 22.9 Å². The normalized spacial score (nSPS) is 14.0. The van der Waals surface area contributed by atoms with Crippen molar-refractivity contribution < 1.29 is 9.61 Å². The highest BCUT2D eigenvalue weighted by Gasteiger charge is 2.20. The monoisotopic (exact) mass is 165 g/mol. The summed E-state index contributed by atoms with van der Waals surface area (Å²) in [6, 6.07) is 0. The topological polar surface area (TPSA) is 90.0 Å². The van der Waals surface area contributed by atoms with Gasteiger partial charge in [-0.25, -0.2) is 4.98 Å². The van der Waals surface area contributed by atoms with E-state index in [1.165, 1.54) is 0 Å². The lowest BCUT2D eigenvalue weighted by atomic mass is 10.6. The highest BCUT2D eigenvalue weighted by atomic mass is 16.6. The fourth-order valence-corrected chi connectivity index (χ4v) is 1.15. The summed E-state index contributed by atoms with van der Waals surface area (Å²) in [5.74, 6) is 1.57. The molecule has 0 saturated heterocycles. The van der Waals surface area contributed by atoms with Crippen LogP contribution in [0.2, 0.25) is 0 Å². The number of fused-ring (bicyclic) bond motifs is 2. The van der Waals surface area contributed by atoms with Gasteiger partial charge in [0.1, 0.15) is 11.8 Å². The van der Waals surface area contributed by atoms with Gasteiger partial charge in [-0.3, -0.25) is 5.32 Å². The van der Waals surface area contributed by atoms with Gasteiger partial charge >= 0.3 is 5.65 Å². The van der Waals surface area contributed by atoms with Crippen LogP contribution in [0, 0.1) is 0 Å². The minimum Gasteiger partial charge on any atom is -0.335 e. The number of nitrogens with one attached hydrogen (secondary N) is 3. The Bertz CT molecular complexity index is 398. The number of aromatic amines is 1. The first-order chi connectivity index (χ1) is 5.93. The first kappa shape index (κ1) is 5.70. The van der Waals surface area contributed by atoms with Crippen LogP contribution in [0.1, 0.15) is 0 Å². The van der Waals surface area contributed by atoms with Gasteiger partial charge in [0, 0.05) is 0 Å². The molecule has 0 spiro atoms. The summed E-state index contributed by atoms with van der Waals surface area (Å²) in [6.07, 6.45) is 0. The molecule has 0 fully saturated rings. The van der Waals surface area contributed by atoms with Gasteiger partial charge in [0.15, 0.2) is 0 Å². The summed E-state index contributed by atoms with van der Waals surface area (Å²) >= 11 is 0. The SMILES string of the molecule is C1Nc2nc3nonc3[nH+]c2N1. The molecule has 12 heavy (non-hydrogen) atoms. The molecule has 0 bridgehead atoms. The third-order valence-electron chi connectivity index (χ3n) is 1.69. The summed E-state index contributed by atoms with van der Waals surface area (Å²) in [7, 11) is 0. The van der Waals surface area contributed by atoms with E-state index in [9.17, 15) is 0 Å². The van der Waals surface area contributed by atoms with Gasteiger partial charge in [0.2, 0.25) is 5.82 Å². The molecule has 60 valence electrons. The predicted molar refractivity (Wildman–Crippen MR) is 38.3 cm³/mol. The Morgan fingerprint density at radius 1 is 1.33 bits per heavy atom. The third-order valence-corrected chi connectivity index (χ3v) is 1.69. The standard InChI is InChI=1S/C5H4N6O/c1-6-2-3(7-1)9-5-4(8-2)10-12-11-5/h1H2,(H,6,8,10)(H,7,9,11)/p+1.